The molecule has 1 rings (SSSR count). The van der Waals surface area contributed by atoms with Gasteiger partial charge in [0.25, 0.3) is 5.91 Å². The van der Waals surface area contributed by atoms with Gasteiger partial charge in [-0.05, 0) is 31.2 Å². The first-order chi connectivity index (χ1) is 7.49. The van der Waals surface area contributed by atoms with Crippen molar-refractivity contribution in [3.63, 3.8) is 0 Å². The molecule has 0 saturated heterocycles. The van der Waals surface area contributed by atoms with E-state index in [1.807, 2.05) is 6.07 Å². The van der Waals surface area contributed by atoms with Crippen molar-refractivity contribution in [3.05, 3.63) is 29.8 Å². The Morgan fingerprint density at radius 1 is 1.56 bits per heavy atom. The topological polar surface area (TPSA) is 73.1 Å². The minimum atomic E-state index is -1.45. The molecule has 16 heavy (non-hydrogen) atoms. The van der Waals surface area contributed by atoms with E-state index in [4.69, 9.17) is 5.26 Å². The quantitative estimate of drug-likeness (QED) is 0.828. The van der Waals surface area contributed by atoms with Crippen molar-refractivity contribution >= 4 is 27.5 Å². The zero-order chi connectivity index (χ0) is 12.2. The van der Waals surface area contributed by atoms with Crippen LogP contribution in [0, 0.1) is 11.3 Å². The Morgan fingerprint density at radius 2 is 2.12 bits per heavy atom. The van der Waals surface area contributed by atoms with Gasteiger partial charge in [-0.25, -0.2) is 0 Å². The van der Waals surface area contributed by atoms with Gasteiger partial charge in [0, 0.05) is 11.0 Å². The molecular formula is C11H11BrN2O2. The molecule has 1 aromatic carbocycles. The Bertz CT molecular complexity index is 421. The highest BCUT2D eigenvalue weighted by Crippen LogP contribution is 2.13. The molecule has 1 atom stereocenters. The van der Waals surface area contributed by atoms with Gasteiger partial charge in [-0.1, -0.05) is 15.9 Å². The summed E-state index contributed by atoms with van der Waals surface area (Å²) in [7, 11) is 0. The first-order valence-corrected chi connectivity index (χ1v) is 5.71. The Kier molecular flexibility index (Phi) is 4.05. The third kappa shape index (κ3) is 3.05. The number of hydrogen-bond donors (Lipinski definition) is 2. The molecule has 0 aromatic heterocycles. The summed E-state index contributed by atoms with van der Waals surface area (Å²) >= 11 is 3.05. The maximum atomic E-state index is 11.6. The molecule has 1 aromatic rings. The van der Waals surface area contributed by atoms with Crippen LogP contribution in [0.2, 0.25) is 0 Å². The Hall–Kier alpha value is -1.38. The lowest BCUT2D eigenvalue weighted by Gasteiger charge is -2.19. The SMILES string of the molecule is C[C@](O)(CBr)C(=O)Nc1ccc(C#N)cc1. The molecular weight excluding hydrogens is 272 g/mol. The summed E-state index contributed by atoms with van der Waals surface area (Å²) in [6.07, 6.45) is 0. The van der Waals surface area contributed by atoms with Crippen LogP contribution in [-0.2, 0) is 4.79 Å². The Balaban J connectivity index is 2.75. The van der Waals surface area contributed by atoms with Crippen LogP contribution in [0.25, 0.3) is 0 Å². The fourth-order valence-electron chi connectivity index (χ4n) is 0.955. The maximum absolute atomic E-state index is 11.6. The standard InChI is InChI=1S/C11H11BrN2O2/c1-11(16,7-12)10(15)14-9-4-2-8(6-13)3-5-9/h2-5,16H,7H2,1H3,(H,14,15)/t11-/m0/s1. The second kappa shape index (κ2) is 5.10. The highest BCUT2D eigenvalue weighted by Gasteiger charge is 2.28. The number of rotatable bonds is 3. The van der Waals surface area contributed by atoms with Crippen molar-refractivity contribution in [1.82, 2.24) is 0 Å². The van der Waals surface area contributed by atoms with Gasteiger partial charge in [-0.15, -0.1) is 0 Å². The van der Waals surface area contributed by atoms with E-state index < -0.39 is 11.5 Å². The van der Waals surface area contributed by atoms with Gasteiger partial charge in [0.1, 0.15) is 5.60 Å². The van der Waals surface area contributed by atoms with Crippen molar-refractivity contribution in [2.75, 3.05) is 10.6 Å². The summed E-state index contributed by atoms with van der Waals surface area (Å²) in [4.78, 5) is 11.6. The van der Waals surface area contributed by atoms with Crippen LogP contribution in [0.3, 0.4) is 0 Å². The van der Waals surface area contributed by atoms with Gasteiger partial charge in [-0.3, -0.25) is 4.79 Å². The van der Waals surface area contributed by atoms with E-state index in [1.165, 1.54) is 6.92 Å². The lowest BCUT2D eigenvalue weighted by molar-refractivity contribution is -0.130. The van der Waals surface area contributed by atoms with E-state index in [9.17, 15) is 9.90 Å². The highest BCUT2D eigenvalue weighted by atomic mass is 79.9. The predicted molar refractivity (Wildman–Crippen MR) is 64.2 cm³/mol. The fraction of sp³-hybridized carbons (Fsp3) is 0.273. The summed E-state index contributed by atoms with van der Waals surface area (Å²) < 4.78 is 0. The smallest absolute Gasteiger partial charge is 0.256 e. The molecule has 0 aliphatic carbocycles. The zero-order valence-electron chi connectivity index (χ0n) is 8.70. The van der Waals surface area contributed by atoms with Crippen LogP contribution >= 0.6 is 15.9 Å². The number of anilines is 1. The molecule has 0 aliphatic heterocycles. The van der Waals surface area contributed by atoms with Gasteiger partial charge >= 0.3 is 0 Å². The molecule has 1 amide bonds. The Labute approximate surface area is 102 Å². The van der Waals surface area contributed by atoms with Crippen LogP contribution in [0.4, 0.5) is 5.69 Å². The van der Waals surface area contributed by atoms with Crippen molar-refractivity contribution < 1.29 is 9.90 Å². The number of nitrogens with zero attached hydrogens (tertiary/aromatic N) is 1. The molecule has 84 valence electrons. The molecule has 0 fully saturated rings. The van der Waals surface area contributed by atoms with E-state index in [2.05, 4.69) is 21.2 Å². The molecule has 5 heteroatoms. The van der Waals surface area contributed by atoms with E-state index >= 15 is 0 Å². The van der Waals surface area contributed by atoms with Gasteiger partial charge < -0.3 is 10.4 Å². The number of carbonyl (C=O) groups is 1. The zero-order valence-corrected chi connectivity index (χ0v) is 10.3. The first-order valence-electron chi connectivity index (χ1n) is 4.59. The van der Waals surface area contributed by atoms with Gasteiger partial charge in [0.15, 0.2) is 0 Å². The number of amides is 1. The van der Waals surface area contributed by atoms with Crippen molar-refractivity contribution in [3.8, 4) is 6.07 Å². The van der Waals surface area contributed by atoms with Crippen molar-refractivity contribution in [2.24, 2.45) is 0 Å². The maximum Gasteiger partial charge on any atom is 0.256 e. The lowest BCUT2D eigenvalue weighted by Crippen LogP contribution is -2.41. The van der Waals surface area contributed by atoms with E-state index in [0.29, 0.717) is 11.3 Å². The number of hydrogen-bond acceptors (Lipinski definition) is 3. The van der Waals surface area contributed by atoms with E-state index in [-0.39, 0.29) is 5.33 Å². The summed E-state index contributed by atoms with van der Waals surface area (Å²) in [5.41, 5.74) is -0.385. The summed E-state index contributed by atoms with van der Waals surface area (Å²) in [5.74, 6) is -0.492. The van der Waals surface area contributed by atoms with E-state index in [0.717, 1.165) is 0 Å². The second-order valence-electron chi connectivity index (χ2n) is 3.55. The predicted octanol–water partition coefficient (Wildman–Crippen LogP) is 1.64. The minimum Gasteiger partial charge on any atom is -0.379 e. The average Bonchev–Trinajstić information content (AvgIpc) is 2.30. The van der Waals surface area contributed by atoms with Crippen LogP contribution in [-0.4, -0.2) is 21.9 Å². The van der Waals surface area contributed by atoms with Crippen LogP contribution in [0.1, 0.15) is 12.5 Å². The van der Waals surface area contributed by atoms with Crippen LogP contribution in [0.5, 0.6) is 0 Å². The molecule has 0 radical (unpaired) electrons. The molecule has 0 heterocycles. The van der Waals surface area contributed by atoms with Crippen LogP contribution in [0.15, 0.2) is 24.3 Å². The number of nitriles is 1. The Morgan fingerprint density at radius 3 is 2.56 bits per heavy atom. The summed E-state index contributed by atoms with van der Waals surface area (Å²) in [6.45, 7) is 1.42. The molecule has 4 nitrogen and oxygen atoms in total. The monoisotopic (exact) mass is 282 g/mol. The molecule has 0 bridgehead atoms. The molecule has 0 spiro atoms. The highest BCUT2D eigenvalue weighted by molar-refractivity contribution is 9.09. The largest absolute Gasteiger partial charge is 0.379 e. The number of benzene rings is 1. The molecule has 0 unspecified atom stereocenters. The van der Waals surface area contributed by atoms with Gasteiger partial charge in [0.2, 0.25) is 0 Å². The van der Waals surface area contributed by atoms with Gasteiger partial charge in [0.05, 0.1) is 11.6 Å². The lowest BCUT2D eigenvalue weighted by atomic mass is 10.1. The number of nitrogens with one attached hydrogen (secondary N) is 1. The molecule has 0 aliphatic rings. The van der Waals surface area contributed by atoms with Crippen molar-refractivity contribution in [1.29, 1.82) is 5.26 Å². The van der Waals surface area contributed by atoms with Crippen LogP contribution < -0.4 is 5.32 Å². The number of halogens is 1. The molecule has 0 saturated carbocycles. The first kappa shape index (κ1) is 12.7. The van der Waals surface area contributed by atoms with Gasteiger partial charge in [-0.2, -0.15) is 5.26 Å². The van der Waals surface area contributed by atoms with Crippen molar-refractivity contribution in [2.45, 2.75) is 12.5 Å². The second-order valence-corrected chi connectivity index (χ2v) is 4.11. The third-order valence-electron chi connectivity index (χ3n) is 2.02. The summed E-state index contributed by atoms with van der Waals surface area (Å²) in [6, 6.07) is 8.39. The number of alkyl halides is 1. The normalized spacial score (nSPS) is 13.6. The molecule has 2 N–H and O–H groups in total. The van der Waals surface area contributed by atoms with E-state index in [1.54, 1.807) is 24.3 Å². The fourth-order valence-corrected chi connectivity index (χ4v) is 1.21. The minimum absolute atomic E-state index is 0.155. The summed E-state index contributed by atoms with van der Waals surface area (Å²) in [5, 5.41) is 20.9. The average molecular weight is 283 g/mol. The number of carbonyl (C=O) groups excluding carboxylic acids is 1. The third-order valence-corrected chi connectivity index (χ3v) is 3.11. The number of aliphatic hydroxyl groups is 1.